The van der Waals surface area contributed by atoms with Crippen LogP contribution < -0.4 is 10.1 Å². The van der Waals surface area contributed by atoms with Gasteiger partial charge in [-0.05, 0) is 30.9 Å². The van der Waals surface area contributed by atoms with E-state index in [-0.39, 0.29) is 53.4 Å². The van der Waals surface area contributed by atoms with E-state index in [1.807, 2.05) is 4.90 Å². The maximum Gasteiger partial charge on any atom is 0.387 e. The van der Waals surface area contributed by atoms with Gasteiger partial charge in [-0.15, -0.1) is 0 Å². The lowest BCUT2D eigenvalue weighted by Gasteiger charge is -2.42. The zero-order chi connectivity index (χ0) is 26.5. The number of aldehydes is 1. The third-order valence-electron chi connectivity index (χ3n) is 6.29. The Balaban J connectivity index is 1.95. The van der Waals surface area contributed by atoms with Gasteiger partial charge in [-0.25, -0.2) is 4.39 Å². The van der Waals surface area contributed by atoms with E-state index < -0.39 is 23.9 Å². The summed E-state index contributed by atoms with van der Waals surface area (Å²) in [6.07, 6.45) is 2.40. The summed E-state index contributed by atoms with van der Waals surface area (Å²) < 4.78 is 51.7. The van der Waals surface area contributed by atoms with Crippen LogP contribution in [-0.4, -0.2) is 66.8 Å². The molecule has 1 amide bonds. The van der Waals surface area contributed by atoms with Gasteiger partial charge in [-0.2, -0.15) is 13.9 Å². The van der Waals surface area contributed by atoms with E-state index in [1.165, 1.54) is 30.0 Å². The Morgan fingerprint density at radius 2 is 2.00 bits per heavy atom. The van der Waals surface area contributed by atoms with Crippen LogP contribution in [0, 0.1) is 11.7 Å². The zero-order valence-electron chi connectivity index (χ0n) is 20.3. The third kappa shape index (κ3) is 6.19. The van der Waals surface area contributed by atoms with Crippen LogP contribution in [0.15, 0.2) is 24.4 Å². The Morgan fingerprint density at radius 3 is 2.58 bits per heavy atom. The second-order valence-electron chi connectivity index (χ2n) is 9.10. The predicted molar refractivity (Wildman–Crippen MR) is 128 cm³/mol. The number of nitrogens with one attached hydrogen (secondary N) is 1. The normalized spacial score (nSPS) is 16.8. The smallest absolute Gasteiger partial charge is 0.387 e. The van der Waals surface area contributed by atoms with Gasteiger partial charge in [0.25, 0.3) is 5.91 Å². The molecule has 0 aliphatic carbocycles. The van der Waals surface area contributed by atoms with E-state index in [1.54, 1.807) is 13.8 Å². The van der Waals surface area contributed by atoms with Crippen molar-refractivity contribution >= 4 is 29.5 Å². The fourth-order valence-corrected chi connectivity index (χ4v) is 4.71. The van der Waals surface area contributed by atoms with Gasteiger partial charge in [0.1, 0.15) is 11.8 Å². The van der Waals surface area contributed by atoms with E-state index >= 15 is 0 Å². The van der Waals surface area contributed by atoms with Crippen LogP contribution in [0.3, 0.4) is 0 Å². The predicted octanol–water partition coefficient (Wildman–Crippen LogP) is 4.29. The molecular weight excluding hydrogens is 501 g/mol. The summed E-state index contributed by atoms with van der Waals surface area (Å²) in [6, 6.07) is 3.99. The highest BCUT2D eigenvalue weighted by atomic mass is 35.5. The second kappa shape index (κ2) is 12.1. The van der Waals surface area contributed by atoms with Crippen LogP contribution in [0.4, 0.5) is 18.9 Å². The van der Waals surface area contributed by atoms with Crippen LogP contribution in [0.5, 0.6) is 5.75 Å². The molecule has 1 fully saturated rings. The average molecular weight is 531 g/mol. The molecule has 1 saturated heterocycles. The summed E-state index contributed by atoms with van der Waals surface area (Å²) in [4.78, 5) is 27.2. The molecule has 1 N–H and O–H groups in total. The first-order valence-corrected chi connectivity index (χ1v) is 12.0. The number of piperidine rings is 1. The second-order valence-corrected chi connectivity index (χ2v) is 9.54. The number of anilines is 1. The van der Waals surface area contributed by atoms with Crippen LogP contribution >= 0.6 is 11.6 Å². The fourth-order valence-electron chi connectivity index (χ4n) is 4.55. The van der Waals surface area contributed by atoms with Crippen LogP contribution in [-0.2, 0) is 19.9 Å². The lowest BCUT2D eigenvalue weighted by atomic mass is 9.85. The minimum absolute atomic E-state index is 0.00587. The number of methoxy groups -OCH3 is 1. The summed E-state index contributed by atoms with van der Waals surface area (Å²) in [7, 11) is 1.52. The van der Waals surface area contributed by atoms with Gasteiger partial charge >= 0.3 is 6.61 Å². The van der Waals surface area contributed by atoms with Crippen molar-refractivity contribution in [3.63, 3.8) is 0 Å². The number of benzene rings is 1. The number of alkyl halides is 2. The van der Waals surface area contributed by atoms with Gasteiger partial charge in [-0.1, -0.05) is 25.4 Å². The minimum Gasteiger partial charge on any atom is -0.433 e. The number of aromatic nitrogens is 2. The van der Waals surface area contributed by atoms with E-state index in [0.717, 1.165) is 12.5 Å². The number of rotatable bonds is 11. The molecule has 0 saturated carbocycles. The molecule has 1 aliphatic heterocycles. The molecule has 2 heterocycles. The minimum atomic E-state index is -3.12. The fraction of sp³-hybridized carbons (Fsp3) is 0.542. The summed E-state index contributed by atoms with van der Waals surface area (Å²) in [6.45, 7) is 2.03. The first-order valence-electron chi connectivity index (χ1n) is 11.6. The summed E-state index contributed by atoms with van der Waals surface area (Å²) in [5, 5.41) is 7.06. The van der Waals surface area contributed by atoms with Crippen LogP contribution in [0.25, 0.3) is 0 Å². The lowest BCUT2D eigenvalue weighted by Crippen LogP contribution is -2.55. The van der Waals surface area contributed by atoms with Crippen molar-refractivity contribution in [3.05, 3.63) is 40.9 Å². The molecule has 8 nitrogen and oxygen atoms in total. The number of carbonyl (C=O) groups excluding carboxylic acids is 2. The van der Waals surface area contributed by atoms with Crippen molar-refractivity contribution < 1.29 is 32.2 Å². The monoisotopic (exact) mass is 530 g/mol. The zero-order valence-corrected chi connectivity index (χ0v) is 21.1. The van der Waals surface area contributed by atoms with Crippen LogP contribution in [0.2, 0.25) is 5.02 Å². The Bertz CT molecular complexity index is 1060. The number of hydrogen-bond donors (Lipinski definition) is 1. The van der Waals surface area contributed by atoms with E-state index in [0.29, 0.717) is 19.6 Å². The number of likely N-dealkylation sites (tertiary alicyclic amines) is 1. The molecular formula is C24H30ClF3N4O4. The molecule has 2 aromatic rings. The van der Waals surface area contributed by atoms with Gasteiger partial charge in [0, 0.05) is 37.8 Å². The number of hydrogen-bond acceptors (Lipinski definition) is 6. The molecule has 36 heavy (non-hydrogen) atoms. The highest BCUT2D eigenvalue weighted by molar-refractivity contribution is 6.30. The van der Waals surface area contributed by atoms with Crippen molar-refractivity contribution in [1.29, 1.82) is 0 Å². The lowest BCUT2D eigenvalue weighted by molar-refractivity contribution is -0.128. The maximum absolute atomic E-state index is 14.7. The van der Waals surface area contributed by atoms with Gasteiger partial charge in [0.2, 0.25) is 0 Å². The number of nitrogens with zero attached hydrogens (tertiary/aromatic N) is 3. The summed E-state index contributed by atoms with van der Waals surface area (Å²) in [5.41, 5.74) is -1.03. The van der Waals surface area contributed by atoms with E-state index in [2.05, 4.69) is 15.2 Å². The molecule has 198 valence electrons. The number of amides is 1. The molecule has 3 rings (SSSR count). The molecule has 1 aromatic carbocycles. The summed E-state index contributed by atoms with van der Waals surface area (Å²) >= 11 is 5.93. The van der Waals surface area contributed by atoms with Crippen molar-refractivity contribution in [1.82, 2.24) is 14.7 Å². The maximum atomic E-state index is 14.7. The Kier molecular flexibility index (Phi) is 9.37. The average Bonchev–Trinajstić information content (AvgIpc) is 3.22. The van der Waals surface area contributed by atoms with Gasteiger partial charge in [0.15, 0.2) is 11.6 Å². The van der Waals surface area contributed by atoms with Gasteiger partial charge in [-0.3, -0.25) is 9.48 Å². The van der Waals surface area contributed by atoms with Crippen LogP contribution in [0.1, 0.15) is 38.3 Å². The highest BCUT2D eigenvalue weighted by Gasteiger charge is 2.46. The quantitative estimate of drug-likeness (QED) is 0.436. The molecule has 1 aromatic heterocycles. The SMILES string of the molecule is COC[C@H](C=O)CN1CCC(C(=O)Nc2ccc(Cl)cc2OC(F)F)(n2ncc(F)c2C(C)C)CC1. The standard InChI is InChI=1S/C24H30ClF3N4O4/c1-15(2)21-18(26)11-29-32(21)24(6-8-31(9-7-24)12-16(13-33)14-35-3)22(34)30-19-5-4-17(25)10-20(19)36-23(27)28/h4-5,10-11,13,15-16,23H,6-9,12,14H2,1-3H3,(H,30,34)/t16-/m0/s1. The molecule has 0 unspecified atom stereocenters. The van der Waals surface area contributed by atoms with Crippen molar-refractivity contribution in [2.75, 3.05) is 38.7 Å². The largest absolute Gasteiger partial charge is 0.433 e. The molecule has 12 heteroatoms. The number of ether oxygens (including phenoxy) is 2. The number of carbonyl (C=O) groups is 2. The Morgan fingerprint density at radius 1 is 1.31 bits per heavy atom. The topological polar surface area (TPSA) is 85.7 Å². The van der Waals surface area contributed by atoms with Gasteiger partial charge < -0.3 is 24.5 Å². The van der Waals surface area contributed by atoms with E-state index in [9.17, 15) is 22.8 Å². The first-order chi connectivity index (χ1) is 17.1. The van der Waals surface area contributed by atoms with Crippen molar-refractivity contribution in [3.8, 4) is 5.75 Å². The first kappa shape index (κ1) is 27.9. The number of halogens is 4. The Labute approximate surface area is 212 Å². The summed E-state index contributed by atoms with van der Waals surface area (Å²) in [5.74, 6) is -1.97. The Hall–Kier alpha value is -2.63. The molecule has 0 radical (unpaired) electrons. The van der Waals surface area contributed by atoms with Crippen molar-refractivity contribution in [2.45, 2.75) is 44.8 Å². The molecule has 0 bridgehead atoms. The third-order valence-corrected chi connectivity index (χ3v) is 6.53. The highest BCUT2D eigenvalue weighted by Crippen LogP contribution is 2.37. The molecule has 1 aliphatic rings. The van der Waals surface area contributed by atoms with Gasteiger partial charge in [0.05, 0.1) is 30.1 Å². The van der Waals surface area contributed by atoms with E-state index in [4.69, 9.17) is 16.3 Å². The van der Waals surface area contributed by atoms with Crippen molar-refractivity contribution in [2.24, 2.45) is 5.92 Å². The molecule has 1 atom stereocenters. The molecule has 0 spiro atoms.